The van der Waals surface area contributed by atoms with Gasteiger partial charge in [0.25, 0.3) is 0 Å². The number of nitrogens with one attached hydrogen (secondary N) is 1. The quantitative estimate of drug-likeness (QED) is 0.777. The van der Waals surface area contributed by atoms with Crippen LogP contribution in [-0.2, 0) is 6.42 Å². The van der Waals surface area contributed by atoms with Gasteiger partial charge in [-0.3, -0.25) is 0 Å². The van der Waals surface area contributed by atoms with Gasteiger partial charge in [0.2, 0.25) is 0 Å². The summed E-state index contributed by atoms with van der Waals surface area (Å²) in [5.74, 6) is 2.50. The lowest BCUT2D eigenvalue weighted by Gasteiger charge is -2.28. The Morgan fingerprint density at radius 1 is 1.26 bits per heavy atom. The van der Waals surface area contributed by atoms with Crippen molar-refractivity contribution in [2.75, 3.05) is 5.32 Å². The third-order valence-corrected chi connectivity index (χ3v) is 5.08. The Hall–Kier alpha value is -1.24. The first-order chi connectivity index (χ1) is 9.19. The van der Waals surface area contributed by atoms with E-state index in [4.69, 9.17) is 0 Å². The number of fused-ring (bicyclic) bond motifs is 2. The summed E-state index contributed by atoms with van der Waals surface area (Å²) in [5, 5.41) is 3.82. The second-order valence-electron chi connectivity index (χ2n) is 6.34. The van der Waals surface area contributed by atoms with E-state index in [0.717, 1.165) is 24.2 Å². The zero-order valence-electron chi connectivity index (χ0n) is 12.3. The van der Waals surface area contributed by atoms with Gasteiger partial charge in [-0.1, -0.05) is 37.3 Å². The van der Waals surface area contributed by atoms with Gasteiger partial charge in [0.1, 0.15) is 0 Å². The van der Waals surface area contributed by atoms with Crippen LogP contribution in [0.2, 0.25) is 0 Å². The molecule has 1 fully saturated rings. The molecule has 4 unspecified atom stereocenters. The van der Waals surface area contributed by atoms with E-state index in [1.807, 2.05) is 0 Å². The van der Waals surface area contributed by atoms with Crippen LogP contribution in [0.25, 0.3) is 0 Å². The van der Waals surface area contributed by atoms with E-state index in [0.29, 0.717) is 6.04 Å². The van der Waals surface area contributed by atoms with Crippen molar-refractivity contribution in [3.8, 4) is 0 Å². The van der Waals surface area contributed by atoms with Gasteiger partial charge in [-0.15, -0.1) is 0 Å². The number of para-hydroxylation sites is 1. The molecule has 4 atom stereocenters. The molecule has 1 heteroatoms. The van der Waals surface area contributed by atoms with E-state index < -0.39 is 0 Å². The van der Waals surface area contributed by atoms with Crippen molar-refractivity contribution in [2.45, 2.75) is 46.1 Å². The highest BCUT2D eigenvalue weighted by molar-refractivity contribution is 5.57. The Morgan fingerprint density at radius 3 is 2.74 bits per heavy atom. The fourth-order valence-electron chi connectivity index (χ4n) is 3.96. The zero-order valence-corrected chi connectivity index (χ0v) is 12.3. The Labute approximate surface area is 117 Å². The first kappa shape index (κ1) is 12.8. The van der Waals surface area contributed by atoms with Crippen LogP contribution in [0.15, 0.2) is 30.4 Å². The van der Waals surface area contributed by atoms with Crippen molar-refractivity contribution in [3.63, 3.8) is 0 Å². The predicted molar refractivity (Wildman–Crippen MR) is 82.5 cm³/mol. The van der Waals surface area contributed by atoms with Crippen LogP contribution in [0.1, 0.15) is 37.8 Å². The molecule has 0 spiro atoms. The second-order valence-corrected chi connectivity index (χ2v) is 6.34. The maximum absolute atomic E-state index is 3.82. The number of anilines is 1. The molecule has 1 saturated carbocycles. The highest BCUT2D eigenvalue weighted by Crippen LogP contribution is 2.45. The van der Waals surface area contributed by atoms with E-state index in [1.54, 1.807) is 0 Å². The molecule has 1 N–H and O–H groups in total. The molecule has 0 aromatic heterocycles. The monoisotopic (exact) mass is 255 g/mol. The summed E-state index contributed by atoms with van der Waals surface area (Å²) in [6.45, 7) is 6.82. The minimum absolute atomic E-state index is 0.575. The van der Waals surface area contributed by atoms with E-state index >= 15 is 0 Å². The Kier molecular flexibility index (Phi) is 3.38. The fourth-order valence-corrected chi connectivity index (χ4v) is 3.96. The van der Waals surface area contributed by atoms with Gasteiger partial charge in [0.05, 0.1) is 0 Å². The third-order valence-electron chi connectivity index (χ3n) is 5.08. The molecule has 1 aromatic carbocycles. The number of hydrogen-bond donors (Lipinski definition) is 1. The molecule has 3 rings (SSSR count). The largest absolute Gasteiger partial charge is 0.382 e. The number of rotatable bonds is 4. The van der Waals surface area contributed by atoms with Crippen molar-refractivity contribution in [1.82, 2.24) is 0 Å². The Morgan fingerprint density at radius 2 is 2.11 bits per heavy atom. The number of aryl methyl sites for hydroxylation is 2. The van der Waals surface area contributed by atoms with Crippen molar-refractivity contribution < 1.29 is 0 Å². The van der Waals surface area contributed by atoms with Crippen molar-refractivity contribution in [2.24, 2.45) is 17.8 Å². The van der Waals surface area contributed by atoms with Gasteiger partial charge in [-0.2, -0.15) is 0 Å². The molecule has 2 aliphatic carbocycles. The summed E-state index contributed by atoms with van der Waals surface area (Å²) in [6.07, 6.45) is 8.76. The Bertz CT molecular complexity index is 488. The fraction of sp³-hybridized carbons (Fsp3) is 0.556. The average molecular weight is 255 g/mol. The minimum Gasteiger partial charge on any atom is -0.382 e. The van der Waals surface area contributed by atoms with Crippen molar-refractivity contribution in [3.05, 3.63) is 41.5 Å². The first-order valence-corrected chi connectivity index (χ1v) is 7.72. The number of allylic oxidation sites excluding steroid dienone is 2. The first-order valence-electron chi connectivity index (χ1n) is 7.72. The topological polar surface area (TPSA) is 12.0 Å². The lowest BCUT2D eigenvalue weighted by molar-refractivity contribution is 0.399. The van der Waals surface area contributed by atoms with Gasteiger partial charge in [0, 0.05) is 11.7 Å². The van der Waals surface area contributed by atoms with Crippen LogP contribution in [-0.4, -0.2) is 6.04 Å². The molecule has 102 valence electrons. The van der Waals surface area contributed by atoms with E-state index in [2.05, 4.69) is 56.4 Å². The van der Waals surface area contributed by atoms with Gasteiger partial charge < -0.3 is 5.32 Å². The number of benzene rings is 1. The molecule has 0 amide bonds. The molecule has 19 heavy (non-hydrogen) atoms. The van der Waals surface area contributed by atoms with E-state index in [1.165, 1.54) is 29.7 Å². The SMILES string of the molecule is CCc1cccc(C)c1NC(C)C1CC2C=CC1C2. The standard InChI is InChI=1S/C18H25N/c1-4-15-7-5-6-12(2)18(15)19-13(3)17-11-14-8-9-16(17)10-14/h5-9,13-14,16-17,19H,4,10-11H2,1-3H3. The summed E-state index contributed by atoms with van der Waals surface area (Å²) < 4.78 is 0. The van der Waals surface area contributed by atoms with Crippen LogP contribution in [0, 0.1) is 24.7 Å². The van der Waals surface area contributed by atoms with Gasteiger partial charge in [-0.05, 0) is 62.0 Å². The highest BCUT2D eigenvalue weighted by Gasteiger charge is 2.38. The summed E-state index contributed by atoms with van der Waals surface area (Å²) in [6, 6.07) is 7.22. The summed E-state index contributed by atoms with van der Waals surface area (Å²) in [4.78, 5) is 0. The molecule has 0 heterocycles. The lowest BCUT2D eigenvalue weighted by Crippen LogP contribution is -2.29. The molecule has 2 bridgehead atoms. The molecule has 2 aliphatic rings. The van der Waals surface area contributed by atoms with Gasteiger partial charge in [-0.25, -0.2) is 0 Å². The van der Waals surface area contributed by atoms with Gasteiger partial charge >= 0.3 is 0 Å². The van der Waals surface area contributed by atoms with E-state index in [9.17, 15) is 0 Å². The van der Waals surface area contributed by atoms with Crippen molar-refractivity contribution in [1.29, 1.82) is 0 Å². The second kappa shape index (κ2) is 5.03. The molecule has 0 saturated heterocycles. The van der Waals surface area contributed by atoms with Crippen LogP contribution in [0.5, 0.6) is 0 Å². The number of hydrogen-bond acceptors (Lipinski definition) is 1. The van der Waals surface area contributed by atoms with Crippen LogP contribution in [0.3, 0.4) is 0 Å². The maximum atomic E-state index is 3.82. The van der Waals surface area contributed by atoms with Crippen LogP contribution in [0.4, 0.5) is 5.69 Å². The van der Waals surface area contributed by atoms with Crippen molar-refractivity contribution >= 4 is 5.69 Å². The van der Waals surface area contributed by atoms with Crippen LogP contribution >= 0.6 is 0 Å². The molecule has 0 radical (unpaired) electrons. The van der Waals surface area contributed by atoms with E-state index in [-0.39, 0.29) is 0 Å². The normalized spacial score (nSPS) is 29.7. The third kappa shape index (κ3) is 2.31. The lowest BCUT2D eigenvalue weighted by atomic mass is 9.87. The highest BCUT2D eigenvalue weighted by atomic mass is 14.9. The predicted octanol–water partition coefficient (Wildman–Crippen LogP) is 4.57. The smallest absolute Gasteiger partial charge is 0.0404 e. The van der Waals surface area contributed by atoms with Gasteiger partial charge in [0.15, 0.2) is 0 Å². The summed E-state index contributed by atoms with van der Waals surface area (Å²) >= 11 is 0. The molecule has 0 aliphatic heterocycles. The zero-order chi connectivity index (χ0) is 13.4. The minimum atomic E-state index is 0.575. The van der Waals surface area contributed by atoms with Crippen LogP contribution < -0.4 is 5.32 Å². The summed E-state index contributed by atoms with van der Waals surface area (Å²) in [7, 11) is 0. The summed E-state index contributed by atoms with van der Waals surface area (Å²) in [5.41, 5.74) is 4.21. The Balaban J connectivity index is 1.76. The molecular formula is C18H25N. The molecular weight excluding hydrogens is 230 g/mol. The molecule has 1 nitrogen and oxygen atoms in total. The maximum Gasteiger partial charge on any atom is 0.0404 e. The molecule has 1 aromatic rings. The average Bonchev–Trinajstić information content (AvgIpc) is 3.03.